The average Bonchev–Trinajstić information content (AvgIpc) is 3.10. The second kappa shape index (κ2) is 7.38. The third-order valence-electron chi connectivity index (χ3n) is 5.17. The Bertz CT molecular complexity index is 1000. The third-order valence-corrected chi connectivity index (χ3v) is 6.08. The summed E-state index contributed by atoms with van der Waals surface area (Å²) in [6, 6.07) is 8.06. The van der Waals surface area contributed by atoms with Crippen LogP contribution in [0.1, 0.15) is 25.3 Å². The maximum atomic E-state index is 12.6. The van der Waals surface area contributed by atoms with Gasteiger partial charge in [-0.15, -0.1) is 10.2 Å². The molecule has 1 atom stereocenters. The predicted octanol–water partition coefficient (Wildman–Crippen LogP) is 3.55. The van der Waals surface area contributed by atoms with Gasteiger partial charge < -0.3 is 9.64 Å². The Kier molecular flexibility index (Phi) is 4.95. The number of hydrogen-bond acceptors (Lipinski definition) is 5. The van der Waals surface area contributed by atoms with Crippen LogP contribution in [-0.4, -0.2) is 51.4 Å². The van der Waals surface area contributed by atoms with Gasteiger partial charge in [-0.3, -0.25) is 9.20 Å². The molecule has 0 saturated carbocycles. The number of thioether (sulfide) groups is 1. The zero-order valence-electron chi connectivity index (χ0n) is 15.9. The van der Waals surface area contributed by atoms with Crippen molar-refractivity contribution in [3.05, 3.63) is 29.8 Å². The highest BCUT2D eigenvalue weighted by molar-refractivity contribution is 7.99. The first kappa shape index (κ1) is 18.1. The highest BCUT2D eigenvalue weighted by Crippen LogP contribution is 2.28. The van der Waals surface area contributed by atoms with Crippen molar-refractivity contribution < 1.29 is 9.53 Å². The lowest BCUT2D eigenvalue weighted by atomic mass is 10.0. The van der Waals surface area contributed by atoms with Crippen LogP contribution < -0.4 is 4.74 Å². The molecule has 27 heavy (non-hydrogen) atoms. The van der Waals surface area contributed by atoms with Crippen molar-refractivity contribution in [2.75, 3.05) is 26.0 Å². The third kappa shape index (κ3) is 3.48. The molecule has 3 aromatic rings. The highest BCUT2D eigenvalue weighted by atomic mass is 32.2. The Morgan fingerprint density at radius 2 is 2.19 bits per heavy atom. The van der Waals surface area contributed by atoms with E-state index in [2.05, 4.69) is 23.2 Å². The molecule has 0 unspecified atom stereocenters. The molecule has 0 spiro atoms. The van der Waals surface area contributed by atoms with Crippen LogP contribution in [0.5, 0.6) is 5.75 Å². The molecule has 7 heteroatoms. The topological polar surface area (TPSA) is 59.7 Å². The summed E-state index contributed by atoms with van der Waals surface area (Å²) in [6.07, 6.45) is 2.30. The minimum atomic E-state index is 0.182. The fourth-order valence-corrected chi connectivity index (χ4v) is 4.59. The number of nitrogens with zero attached hydrogens (tertiary/aromatic N) is 4. The zero-order chi connectivity index (χ0) is 19.0. The smallest absolute Gasteiger partial charge is 0.233 e. The number of aromatic nitrogens is 3. The fraction of sp³-hybridized carbons (Fsp3) is 0.450. The number of piperidine rings is 1. The molecule has 1 aromatic carbocycles. The van der Waals surface area contributed by atoms with E-state index in [0.29, 0.717) is 11.7 Å². The first-order valence-electron chi connectivity index (χ1n) is 9.30. The quantitative estimate of drug-likeness (QED) is 0.644. The van der Waals surface area contributed by atoms with Gasteiger partial charge in [-0.1, -0.05) is 18.7 Å². The van der Waals surface area contributed by atoms with Gasteiger partial charge in [0, 0.05) is 18.5 Å². The van der Waals surface area contributed by atoms with Crippen LogP contribution in [0.15, 0.2) is 29.4 Å². The summed E-state index contributed by atoms with van der Waals surface area (Å²) in [5.74, 6) is 1.97. The van der Waals surface area contributed by atoms with E-state index >= 15 is 0 Å². The summed E-state index contributed by atoms with van der Waals surface area (Å²) >= 11 is 1.46. The molecule has 0 radical (unpaired) electrons. The lowest BCUT2D eigenvalue weighted by Gasteiger charge is -2.30. The van der Waals surface area contributed by atoms with Crippen molar-refractivity contribution in [3.8, 4) is 5.75 Å². The largest absolute Gasteiger partial charge is 0.497 e. The Morgan fingerprint density at radius 1 is 1.33 bits per heavy atom. The molecule has 3 heterocycles. The number of hydrogen-bond donors (Lipinski definition) is 0. The number of aryl methyl sites for hydroxylation is 1. The van der Waals surface area contributed by atoms with Gasteiger partial charge in [-0.2, -0.15) is 0 Å². The van der Waals surface area contributed by atoms with Gasteiger partial charge >= 0.3 is 0 Å². The molecule has 1 aliphatic rings. The van der Waals surface area contributed by atoms with Crippen molar-refractivity contribution in [2.45, 2.75) is 31.8 Å². The number of carbonyl (C=O) groups excluding carboxylic acids is 1. The summed E-state index contributed by atoms with van der Waals surface area (Å²) < 4.78 is 7.39. The Balaban J connectivity index is 1.63. The lowest BCUT2D eigenvalue weighted by Crippen LogP contribution is -2.40. The molecule has 1 saturated heterocycles. The van der Waals surface area contributed by atoms with Gasteiger partial charge in [-0.25, -0.2) is 0 Å². The molecule has 1 amide bonds. The van der Waals surface area contributed by atoms with Crippen LogP contribution in [0, 0.1) is 12.8 Å². The lowest BCUT2D eigenvalue weighted by molar-refractivity contribution is -0.130. The van der Waals surface area contributed by atoms with Crippen molar-refractivity contribution >= 4 is 34.2 Å². The number of pyridine rings is 1. The first-order valence-corrected chi connectivity index (χ1v) is 10.3. The normalized spacial score (nSPS) is 17.6. The molecule has 0 bridgehead atoms. The molecular formula is C20H24N4O2S. The maximum Gasteiger partial charge on any atom is 0.233 e. The van der Waals surface area contributed by atoms with Gasteiger partial charge in [0.05, 0.1) is 18.4 Å². The van der Waals surface area contributed by atoms with E-state index in [0.717, 1.165) is 52.5 Å². The van der Waals surface area contributed by atoms with E-state index in [1.165, 1.54) is 18.2 Å². The van der Waals surface area contributed by atoms with Gasteiger partial charge in [0.1, 0.15) is 5.75 Å². The molecule has 0 N–H and O–H groups in total. The molecule has 1 fully saturated rings. The minimum absolute atomic E-state index is 0.182. The summed E-state index contributed by atoms with van der Waals surface area (Å²) in [6.45, 7) is 5.97. The molecule has 142 valence electrons. The monoisotopic (exact) mass is 384 g/mol. The van der Waals surface area contributed by atoms with E-state index in [-0.39, 0.29) is 5.91 Å². The molecule has 1 aliphatic heterocycles. The SMILES string of the molecule is COc1ccc2c(c1)cc(C)c1nnc(SCC(=O)N3CCC[C@@H](C)C3)n12. The summed E-state index contributed by atoms with van der Waals surface area (Å²) in [7, 11) is 1.67. The van der Waals surface area contributed by atoms with E-state index < -0.39 is 0 Å². The number of ether oxygens (including phenoxy) is 1. The number of rotatable bonds is 4. The summed E-state index contributed by atoms with van der Waals surface area (Å²) in [4.78, 5) is 14.6. The maximum absolute atomic E-state index is 12.6. The number of methoxy groups -OCH3 is 1. The average molecular weight is 385 g/mol. The van der Waals surface area contributed by atoms with Gasteiger partial charge in [0.15, 0.2) is 10.8 Å². The van der Waals surface area contributed by atoms with Crippen LogP contribution in [0.4, 0.5) is 0 Å². The van der Waals surface area contributed by atoms with Crippen LogP contribution in [0.3, 0.4) is 0 Å². The van der Waals surface area contributed by atoms with Gasteiger partial charge in [-0.05, 0) is 55.5 Å². The second-order valence-corrected chi connectivity index (χ2v) is 8.21. The second-order valence-electron chi connectivity index (χ2n) is 7.27. The van der Waals surface area contributed by atoms with Crippen LogP contribution >= 0.6 is 11.8 Å². The van der Waals surface area contributed by atoms with Crippen molar-refractivity contribution in [1.29, 1.82) is 0 Å². The van der Waals surface area contributed by atoms with E-state index in [1.807, 2.05) is 34.4 Å². The van der Waals surface area contributed by atoms with Crippen molar-refractivity contribution in [2.24, 2.45) is 5.92 Å². The van der Waals surface area contributed by atoms with E-state index in [9.17, 15) is 4.79 Å². The van der Waals surface area contributed by atoms with Crippen LogP contribution in [0.25, 0.3) is 16.6 Å². The van der Waals surface area contributed by atoms with Gasteiger partial charge in [0.2, 0.25) is 5.91 Å². The fourth-order valence-electron chi connectivity index (χ4n) is 3.75. The number of carbonyl (C=O) groups is 1. The van der Waals surface area contributed by atoms with Crippen molar-refractivity contribution in [3.63, 3.8) is 0 Å². The Hall–Kier alpha value is -2.28. The van der Waals surface area contributed by atoms with Crippen LogP contribution in [0.2, 0.25) is 0 Å². The number of likely N-dealkylation sites (tertiary alicyclic amines) is 1. The molecule has 0 aliphatic carbocycles. The number of amides is 1. The molecular weight excluding hydrogens is 360 g/mol. The summed E-state index contributed by atoms with van der Waals surface area (Å²) in [5.41, 5.74) is 2.89. The van der Waals surface area contributed by atoms with Gasteiger partial charge in [0.25, 0.3) is 0 Å². The number of benzene rings is 1. The molecule has 4 rings (SSSR count). The van der Waals surface area contributed by atoms with Crippen LogP contribution in [-0.2, 0) is 4.79 Å². The van der Waals surface area contributed by atoms with Crippen molar-refractivity contribution in [1.82, 2.24) is 19.5 Å². The first-order chi connectivity index (χ1) is 13.1. The standard InChI is InChI=1S/C20H24N4O2S/c1-13-5-4-8-23(11-13)18(25)12-27-20-22-21-19-14(2)9-15-10-16(26-3)6-7-17(15)24(19)20/h6-7,9-10,13H,4-5,8,11-12H2,1-3H3/t13-/m1/s1. The molecule has 2 aromatic heterocycles. The molecule has 6 nitrogen and oxygen atoms in total. The van der Waals surface area contributed by atoms with E-state index in [4.69, 9.17) is 4.74 Å². The number of fused-ring (bicyclic) bond motifs is 3. The zero-order valence-corrected chi connectivity index (χ0v) is 16.8. The minimum Gasteiger partial charge on any atom is -0.497 e. The van der Waals surface area contributed by atoms with E-state index in [1.54, 1.807) is 7.11 Å². The Labute approximate surface area is 162 Å². The highest BCUT2D eigenvalue weighted by Gasteiger charge is 2.22. The Morgan fingerprint density at radius 3 is 2.96 bits per heavy atom. The predicted molar refractivity (Wildman–Crippen MR) is 107 cm³/mol. The summed E-state index contributed by atoms with van der Waals surface area (Å²) in [5, 5.41) is 10.5.